The molecule has 1 aromatic heterocycles. The number of rotatable bonds is 5. The highest BCUT2D eigenvalue weighted by Gasteiger charge is 2.34. The summed E-state index contributed by atoms with van der Waals surface area (Å²) in [7, 11) is -3.60. The Labute approximate surface area is 147 Å². The molecule has 25 heavy (non-hydrogen) atoms. The molecule has 2 heterocycles. The van der Waals surface area contributed by atoms with Crippen molar-refractivity contribution in [3.63, 3.8) is 0 Å². The second-order valence-electron chi connectivity index (χ2n) is 6.65. The summed E-state index contributed by atoms with van der Waals surface area (Å²) in [5.74, 6) is 0.355. The lowest BCUT2D eigenvalue weighted by atomic mass is 9.92. The number of halogens is 1. The molecule has 7 heteroatoms. The molecule has 5 nitrogen and oxygen atoms in total. The van der Waals surface area contributed by atoms with Crippen LogP contribution in [0.15, 0.2) is 33.7 Å². The third kappa shape index (κ3) is 3.77. The van der Waals surface area contributed by atoms with Crippen LogP contribution in [0, 0.1) is 25.6 Å². The van der Waals surface area contributed by atoms with Gasteiger partial charge in [-0.1, -0.05) is 23.4 Å². The molecule has 1 fully saturated rings. The number of benzene rings is 1. The van der Waals surface area contributed by atoms with Gasteiger partial charge in [-0.25, -0.2) is 12.8 Å². The van der Waals surface area contributed by atoms with E-state index in [-0.39, 0.29) is 16.6 Å². The molecule has 0 saturated carbocycles. The summed E-state index contributed by atoms with van der Waals surface area (Å²) in [5, 5.41) is 3.76. The Morgan fingerprint density at radius 1 is 1.32 bits per heavy atom. The van der Waals surface area contributed by atoms with Gasteiger partial charge in [0.05, 0.1) is 0 Å². The number of aromatic nitrogens is 1. The van der Waals surface area contributed by atoms with Gasteiger partial charge in [0.25, 0.3) is 0 Å². The summed E-state index contributed by atoms with van der Waals surface area (Å²) >= 11 is 0. The van der Waals surface area contributed by atoms with Crippen LogP contribution in [-0.4, -0.2) is 31.0 Å². The summed E-state index contributed by atoms with van der Waals surface area (Å²) in [4.78, 5) is 0.183. The maximum Gasteiger partial charge on any atom is 0.248 e. The van der Waals surface area contributed by atoms with E-state index in [4.69, 9.17) is 4.52 Å². The Hall–Kier alpha value is -1.73. The van der Waals surface area contributed by atoms with Crippen LogP contribution in [0.2, 0.25) is 0 Å². The van der Waals surface area contributed by atoms with Gasteiger partial charge in [0.15, 0.2) is 5.76 Å². The largest absolute Gasteiger partial charge is 0.360 e. The number of hydrogen-bond donors (Lipinski definition) is 0. The minimum Gasteiger partial charge on any atom is -0.360 e. The number of aryl methyl sites for hydroxylation is 3. The Kier molecular flexibility index (Phi) is 5.24. The molecule has 0 spiro atoms. The molecule has 1 unspecified atom stereocenters. The molecule has 2 aromatic rings. The second-order valence-corrected chi connectivity index (χ2v) is 8.53. The van der Waals surface area contributed by atoms with Gasteiger partial charge in [0.2, 0.25) is 10.0 Å². The van der Waals surface area contributed by atoms with E-state index in [1.165, 1.54) is 10.4 Å². The molecule has 3 rings (SSSR count). The molecule has 0 radical (unpaired) electrons. The van der Waals surface area contributed by atoms with Crippen molar-refractivity contribution in [2.45, 2.75) is 44.4 Å². The van der Waals surface area contributed by atoms with Crippen LogP contribution in [0.1, 0.15) is 36.3 Å². The summed E-state index contributed by atoms with van der Waals surface area (Å²) in [6, 6.07) is 6.76. The molecule has 1 aliphatic rings. The van der Waals surface area contributed by atoms with Crippen molar-refractivity contribution in [3.05, 3.63) is 47.1 Å². The van der Waals surface area contributed by atoms with Crippen LogP contribution < -0.4 is 0 Å². The van der Waals surface area contributed by atoms with Crippen molar-refractivity contribution < 1.29 is 17.3 Å². The average Bonchev–Trinajstić information content (AvgIpc) is 2.94. The number of nitrogens with zero attached hydrogens (tertiary/aromatic N) is 2. The van der Waals surface area contributed by atoms with E-state index in [2.05, 4.69) is 5.16 Å². The SMILES string of the molecule is Cc1noc(C)c1S(=O)(=O)N1CCCC(CCc2ccccc2F)C1. The first-order valence-corrected chi connectivity index (χ1v) is 10.00. The minimum atomic E-state index is -3.60. The molecule has 0 N–H and O–H groups in total. The highest BCUT2D eigenvalue weighted by atomic mass is 32.2. The molecule has 0 amide bonds. The van der Waals surface area contributed by atoms with Crippen LogP contribution >= 0.6 is 0 Å². The lowest BCUT2D eigenvalue weighted by Crippen LogP contribution is -2.40. The first kappa shape index (κ1) is 18.1. The predicted octanol–water partition coefficient (Wildman–Crippen LogP) is 3.46. The molecule has 0 bridgehead atoms. The fourth-order valence-electron chi connectivity index (χ4n) is 3.51. The molecule has 1 aliphatic heterocycles. The molecule has 1 saturated heterocycles. The number of sulfonamides is 1. The third-order valence-corrected chi connectivity index (χ3v) is 6.94. The first-order valence-electron chi connectivity index (χ1n) is 8.56. The Bertz CT molecular complexity index is 828. The van der Waals surface area contributed by atoms with Crippen LogP contribution in [0.5, 0.6) is 0 Å². The molecule has 0 aliphatic carbocycles. The van der Waals surface area contributed by atoms with E-state index in [0.29, 0.717) is 36.5 Å². The fourth-order valence-corrected chi connectivity index (χ4v) is 5.36. The zero-order valence-electron chi connectivity index (χ0n) is 14.5. The average molecular weight is 366 g/mol. The van der Waals surface area contributed by atoms with E-state index < -0.39 is 10.0 Å². The highest BCUT2D eigenvalue weighted by molar-refractivity contribution is 7.89. The maximum absolute atomic E-state index is 13.8. The minimum absolute atomic E-state index is 0.183. The maximum atomic E-state index is 13.8. The van der Waals surface area contributed by atoms with E-state index in [9.17, 15) is 12.8 Å². The number of piperidine rings is 1. The fraction of sp³-hybridized carbons (Fsp3) is 0.500. The van der Waals surface area contributed by atoms with Gasteiger partial charge in [-0.15, -0.1) is 0 Å². The number of hydrogen-bond acceptors (Lipinski definition) is 4. The van der Waals surface area contributed by atoms with Gasteiger partial charge < -0.3 is 4.52 Å². The molecule has 1 atom stereocenters. The third-order valence-electron chi connectivity index (χ3n) is 4.83. The van der Waals surface area contributed by atoms with E-state index in [1.54, 1.807) is 26.0 Å². The molecular weight excluding hydrogens is 343 g/mol. The quantitative estimate of drug-likeness (QED) is 0.813. The van der Waals surface area contributed by atoms with Gasteiger partial charge in [0.1, 0.15) is 16.4 Å². The van der Waals surface area contributed by atoms with Crippen LogP contribution in [0.25, 0.3) is 0 Å². The van der Waals surface area contributed by atoms with Gasteiger partial charge in [-0.3, -0.25) is 0 Å². The van der Waals surface area contributed by atoms with Crippen molar-refractivity contribution in [1.82, 2.24) is 9.46 Å². The zero-order valence-corrected chi connectivity index (χ0v) is 15.4. The van der Waals surface area contributed by atoms with Crippen molar-refractivity contribution in [2.75, 3.05) is 13.1 Å². The van der Waals surface area contributed by atoms with Crippen molar-refractivity contribution in [3.8, 4) is 0 Å². The second kappa shape index (κ2) is 7.25. The molecule has 1 aromatic carbocycles. The Morgan fingerprint density at radius 3 is 2.76 bits per heavy atom. The van der Waals surface area contributed by atoms with E-state index in [1.807, 2.05) is 6.07 Å². The van der Waals surface area contributed by atoms with Gasteiger partial charge in [-0.2, -0.15) is 4.31 Å². The van der Waals surface area contributed by atoms with Crippen molar-refractivity contribution >= 4 is 10.0 Å². The van der Waals surface area contributed by atoms with Crippen LogP contribution in [0.4, 0.5) is 4.39 Å². The van der Waals surface area contributed by atoms with Crippen LogP contribution in [-0.2, 0) is 16.4 Å². The van der Waals surface area contributed by atoms with E-state index >= 15 is 0 Å². The lowest BCUT2D eigenvalue weighted by molar-refractivity contribution is 0.255. The summed E-state index contributed by atoms with van der Waals surface area (Å²) in [6.45, 7) is 4.22. The van der Waals surface area contributed by atoms with Crippen molar-refractivity contribution in [1.29, 1.82) is 0 Å². The van der Waals surface area contributed by atoms with Crippen LogP contribution in [0.3, 0.4) is 0 Å². The standard InChI is InChI=1S/C18H23FN2O3S/c1-13-18(14(2)24-20-13)25(22,23)21-11-5-6-15(12-21)9-10-16-7-3-4-8-17(16)19/h3-4,7-8,15H,5-6,9-12H2,1-2H3. The van der Waals surface area contributed by atoms with Gasteiger partial charge in [-0.05, 0) is 57.1 Å². The summed E-state index contributed by atoms with van der Waals surface area (Å²) in [5.41, 5.74) is 1.08. The predicted molar refractivity (Wildman–Crippen MR) is 92.2 cm³/mol. The van der Waals surface area contributed by atoms with Crippen molar-refractivity contribution in [2.24, 2.45) is 5.92 Å². The highest BCUT2D eigenvalue weighted by Crippen LogP contribution is 2.29. The van der Waals surface area contributed by atoms with E-state index in [0.717, 1.165) is 19.3 Å². The van der Waals surface area contributed by atoms with Gasteiger partial charge >= 0.3 is 0 Å². The van der Waals surface area contributed by atoms with Gasteiger partial charge in [0, 0.05) is 13.1 Å². The summed E-state index contributed by atoms with van der Waals surface area (Å²) < 4.78 is 46.2. The monoisotopic (exact) mass is 366 g/mol. The zero-order chi connectivity index (χ0) is 18.0. The molecule has 136 valence electrons. The topological polar surface area (TPSA) is 63.4 Å². The summed E-state index contributed by atoms with van der Waals surface area (Å²) in [6.07, 6.45) is 3.16. The first-order chi connectivity index (χ1) is 11.9. The smallest absolute Gasteiger partial charge is 0.248 e. The lowest BCUT2D eigenvalue weighted by Gasteiger charge is -2.32. The Morgan fingerprint density at radius 2 is 2.08 bits per heavy atom. The normalized spacial score (nSPS) is 19.2. The molecular formula is C18H23FN2O3S. The Balaban J connectivity index is 1.70.